The van der Waals surface area contributed by atoms with Gasteiger partial charge in [0.05, 0.1) is 19.8 Å². The highest BCUT2D eigenvalue weighted by Gasteiger charge is 2.55. The van der Waals surface area contributed by atoms with E-state index in [1.165, 1.54) is 13.0 Å². The molecule has 2 aromatic rings. The van der Waals surface area contributed by atoms with Gasteiger partial charge in [0.15, 0.2) is 24.8 Å². The van der Waals surface area contributed by atoms with E-state index >= 15 is 0 Å². The summed E-state index contributed by atoms with van der Waals surface area (Å²) in [6, 6.07) is 13.8. The molecule has 8 N–H and O–H groups in total. The molecule has 60 heavy (non-hydrogen) atoms. The fraction of sp³-hybridized carbons (Fsp3) is 0.575. The molecule has 0 bridgehead atoms. The molecule has 5 rings (SSSR count). The van der Waals surface area contributed by atoms with Crippen LogP contribution >= 0.6 is 0 Å². The maximum Gasteiger partial charge on any atom is 0.303 e. The Morgan fingerprint density at radius 2 is 1.28 bits per heavy atom. The lowest BCUT2D eigenvalue weighted by atomic mass is 9.96. The number of rotatable bonds is 16. The molecule has 20 heteroatoms. The largest absolute Gasteiger partial charge is 0.497 e. The smallest absolute Gasteiger partial charge is 0.303 e. The number of nitrogens with one attached hydrogen (secondary N) is 1. The van der Waals surface area contributed by atoms with E-state index in [4.69, 9.17) is 42.6 Å². The van der Waals surface area contributed by atoms with Gasteiger partial charge in [0.1, 0.15) is 73.0 Å². The molecular weight excluding hydrogens is 798 g/mol. The number of aliphatic hydroxyl groups is 7. The van der Waals surface area contributed by atoms with Crippen LogP contribution in [-0.2, 0) is 54.0 Å². The van der Waals surface area contributed by atoms with Crippen molar-refractivity contribution in [3.8, 4) is 11.5 Å². The molecule has 20 nitrogen and oxygen atoms in total. The number of methoxy groups -OCH3 is 1. The van der Waals surface area contributed by atoms with Gasteiger partial charge in [-0.15, -0.1) is 0 Å². The molecule has 3 aliphatic heterocycles. The molecule has 3 fully saturated rings. The zero-order chi connectivity index (χ0) is 43.7. The van der Waals surface area contributed by atoms with Crippen LogP contribution in [0, 0.1) is 0 Å². The van der Waals surface area contributed by atoms with Crippen molar-refractivity contribution in [2.24, 2.45) is 0 Å². The number of ether oxygens (including phenoxy) is 9. The Bertz CT molecular complexity index is 1730. The molecule has 3 heterocycles. The highest BCUT2D eigenvalue weighted by molar-refractivity contribution is 5.91. The number of benzene rings is 2. The van der Waals surface area contributed by atoms with Crippen LogP contribution in [-0.4, -0.2) is 173 Å². The molecule has 0 saturated carbocycles. The first-order valence-electron chi connectivity index (χ1n) is 19.2. The average molecular weight is 852 g/mol. The molecular formula is C40H53NO19. The zero-order valence-corrected chi connectivity index (χ0v) is 33.3. The molecule has 0 spiro atoms. The number of carbonyl (C=O) groups excluding carboxylic acids is 3. The third kappa shape index (κ3) is 12.0. The Morgan fingerprint density at radius 3 is 1.87 bits per heavy atom. The van der Waals surface area contributed by atoms with Gasteiger partial charge in [0, 0.05) is 26.5 Å². The van der Waals surface area contributed by atoms with E-state index in [0.717, 1.165) is 25.0 Å². The SMILES string of the molecule is COc1ccc(/C=C\C(=O)NCCc2ccc(O[C@@H]3O[C@@H](C)[C@H](OC(C)=O)[C@@H](O[C@@H]4O[C@H](CO)[C@@H](O)[C@H](O)[C@H]4O)[C@H]3O[C@@H]3O[C@H](COC(C)=O)[C@@H](O)[C@H](O)[C@H]3O)cc2)cc1. The molecule has 0 unspecified atom stereocenters. The van der Waals surface area contributed by atoms with Crippen molar-refractivity contribution in [2.75, 3.05) is 26.9 Å². The lowest BCUT2D eigenvalue weighted by molar-refractivity contribution is -0.382. The van der Waals surface area contributed by atoms with Crippen LogP contribution in [0.2, 0.25) is 0 Å². The predicted octanol–water partition coefficient (Wildman–Crippen LogP) is -1.94. The summed E-state index contributed by atoms with van der Waals surface area (Å²) < 4.78 is 51.7. The van der Waals surface area contributed by atoms with Crippen molar-refractivity contribution in [1.29, 1.82) is 0 Å². The van der Waals surface area contributed by atoms with Crippen molar-refractivity contribution in [1.82, 2.24) is 5.32 Å². The third-order valence-electron chi connectivity index (χ3n) is 10.0. The summed E-state index contributed by atoms with van der Waals surface area (Å²) in [6.07, 6.45) is -21.1. The second-order valence-corrected chi connectivity index (χ2v) is 14.4. The van der Waals surface area contributed by atoms with Crippen molar-refractivity contribution in [3.63, 3.8) is 0 Å². The number of esters is 2. The summed E-state index contributed by atoms with van der Waals surface area (Å²) in [4.78, 5) is 36.4. The van der Waals surface area contributed by atoms with Gasteiger partial charge in [-0.2, -0.15) is 0 Å². The molecule has 1 amide bonds. The van der Waals surface area contributed by atoms with E-state index in [2.05, 4.69) is 5.32 Å². The number of amides is 1. The fourth-order valence-corrected chi connectivity index (χ4v) is 6.72. The minimum atomic E-state index is -1.94. The summed E-state index contributed by atoms with van der Waals surface area (Å²) in [6.45, 7) is 2.70. The summed E-state index contributed by atoms with van der Waals surface area (Å²) in [7, 11) is 1.57. The molecule has 0 aromatic heterocycles. The Morgan fingerprint density at radius 1 is 0.700 bits per heavy atom. The Balaban J connectivity index is 1.36. The average Bonchev–Trinajstić information content (AvgIpc) is 3.22. The number of hydrogen-bond acceptors (Lipinski definition) is 19. The van der Waals surface area contributed by atoms with Gasteiger partial charge in [0.25, 0.3) is 0 Å². The van der Waals surface area contributed by atoms with Gasteiger partial charge in [-0.3, -0.25) is 14.4 Å². The van der Waals surface area contributed by atoms with Crippen LogP contribution in [0.25, 0.3) is 6.08 Å². The fourth-order valence-electron chi connectivity index (χ4n) is 6.72. The first-order valence-corrected chi connectivity index (χ1v) is 19.2. The van der Waals surface area contributed by atoms with Gasteiger partial charge in [-0.1, -0.05) is 24.3 Å². The third-order valence-corrected chi connectivity index (χ3v) is 10.0. The van der Waals surface area contributed by atoms with Crippen LogP contribution in [0.5, 0.6) is 11.5 Å². The van der Waals surface area contributed by atoms with Gasteiger partial charge in [-0.25, -0.2) is 0 Å². The molecule has 0 radical (unpaired) electrons. The number of aliphatic hydroxyl groups excluding tert-OH is 7. The Hall–Kier alpha value is -4.29. The molecule has 15 atom stereocenters. The highest BCUT2D eigenvalue weighted by atomic mass is 16.8. The van der Waals surface area contributed by atoms with Crippen LogP contribution < -0.4 is 14.8 Å². The minimum absolute atomic E-state index is 0.210. The van der Waals surface area contributed by atoms with Crippen molar-refractivity contribution < 1.29 is 92.8 Å². The first-order chi connectivity index (χ1) is 28.6. The molecule has 3 aliphatic rings. The van der Waals surface area contributed by atoms with Gasteiger partial charge in [0.2, 0.25) is 12.2 Å². The summed E-state index contributed by atoms with van der Waals surface area (Å²) in [5, 5.41) is 76.8. The van der Waals surface area contributed by atoms with E-state index in [1.54, 1.807) is 49.6 Å². The summed E-state index contributed by atoms with van der Waals surface area (Å²) in [5.41, 5.74) is 1.64. The predicted molar refractivity (Wildman–Crippen MR) is 203 cm³/mol. The van der Waals surface area contributed by atoms with Gasteiger partial charge >= 0.3 is 11.9 Å². The first kappa shape index (κ1) is 46.8. The molecule has 3 saturated heterocycles. The van der Waals surface area contributed by atoms with Crippen LogP contribution in [0.15, 0.2) is 54.6 Å². The maximum atomic E-state index is 12.4. The second-order valence-electron chi connectivity index (χ2n) is 14.4. The van der Waals surface area contributed by atoms with E-state index in [1.807, 2.05) is 12.1 Å². The molecule has 332 valence electrons. The van der Waals surface area contributed by atoms with E-state index < -0.39 is 117 Å². The topological polar surface area (TPSA) is 288 Å². The second kappa shape index (κ2) is 21.5. The van der Waals surface area contributed by atoms with Crippen LogP contribution in [0.1, 0.15) is 31.9 Å². The lowest BCUT2D eigenvalue weighted by Gasteiger charge is -2.49. The lowest BCUT2D eigenvalue weighted by Crippen LogP contribution is -2.67. The Kier molecular flexibility index (Phi) is 16.7. The monoisotopic (exact) mass is 851 g/mol. The zero-order valence-electron chi connectivity index (χ0n) is 33.3. The quantitative estimate of drug-likeness (QED) is 0.0674. The minimum Gasteiger partial charge on any atom is -0.497 e. The van der Waals surface area contributed by atoms with E-state index in [9.17, 15) is 50.1 Å². The molecule has 0 aliphatic carbocycles. The molecule has 2 aromatic carbocycles. The normalized spacial score (nSPS) is 34.4. The van der Waals surface area contributed by atoms with E-state index in [-0.39, 0.29) is 11.7 Å². The van der Waals surface area contributed by atoms with Gasteiger partial charge < -0.3 is 83.7 Å². The summed E-state index contributed by atoms with van der Waals surface area (Å²) in [5.74, 6) is -0.909. The number of carbonyl (C=O) groups is 3. The van der Waals surface area contributed by atoms with Crippen molar-refractivity contribution in [3.05, 3.63) is 65.7 Å². The Labute approximate surface area is 345 Å². The number of hydrogen-bond donors (Lipinski definition) is 8. The van der Waals surface area contributed by atoms with Crippen molar-refractivity contribution >= 4 is 23.9 Å². The summed E-state index contributed by atoms with van der Waals surface area (Å²) >= 11 is 0. The van der Waals surface area contributed by atoms with E-state index in [0.29, 0.717) is 18.7 Å². The van der Waals surface area contributed by atoms with Crippen molar-refractivity contribution in [2.45, 2.75) is 119 Å². The standard InChI is InChI=1S/C40H53NO19/c1-19-35(55-21(3)44)36(59-38-33(50)31(48)29(46)26(17-42)57-38)37(60-39-34(51)32(49)30(47)27(58-39)18-53-20(2)43)40(54-19)56-25-12-7-23(8-13-25)15-16-41-28(45)14-9-22-5-10-24(52-4)11-6-22/h5-14,19,26-27,29-40,42,46-51H,15-18H2,1-4H3,(H,41,45)/b14-9-/t19-,26+,27+,29+,30+,31-,32-,33+,34+,35-,36+,37+,38-,39-,40-/m0/s1. The highest BCUT2D eigenvalue weighted by Crippen LogP contribution is 2.35. The maximum absolute atomic E-state index is 12.4. The van der Waals surface area contributed by atoms with Gasteiger partial charge in [-0.05, 0) is 54.8 Å². The van der Waals surface area contributed by atoms with Crippen LogP contribution in [0.3, 0.4) is 0 Å². The van der Waals surface area contributed by atoms with Crippen LogP contribution in [0.4, 0.5) is 0 Å².